The number of benzene rings is 2. The largest absolute Gasteiger partial charge is 0.452 e. The van der Waals surface area contributed by atoms with Gasteiger partial charge in [0.1, 0.15) is 4.34 Å². The Labute approximate surface area is 208 Å². The first kappa shape index (κ1) is 24.4. The van der Waals surface area contributed by atoms with Gasteiger partial charge in [-0.05, 0) is 37.0 Å². The van der Waals surface area contributed by atoms with E-state index < -0.39 is 5.97 Å². The smallest absolute Gasteiger partial charge is 0.338 e. The van der Waals surface area contributed by atoms with Crippen molar-refractivity contribution in [3.63, 3.8) is 0 Å². The minimum Gasteiger partial charge on any atom is -0.452 e. The van der Waals surface area contributed by atoms with E-state index in [0.29, 0.717) is 11.3 Å². The summed E-state index contributed by atoms with van der Waals surface area (Å²) < 4.78 is 6.31. The Balaban J connectivity index is 1.20. The van der Waals surface area contributed by atoms with E-state index in [9.17, 15) is 9.59 Å². The number of thiazole rings is 1. The first-order valence-corrected chi connectivity index (χ1v) is 13.3. The molecule has 1 N–H and O–H groups in total. The van der Waals surface area contributed by atoms with E-state index >= 15 is 0 Å². The zero-order valence-electron chi connectivity index (χ0n) is 19.2. The molecule has 1 amide bonds. The van der Waals surface area contributed by atoms with Gasteiger partial charge in [-0.2, -0.15) is 0 Å². The number of nitrogens with zero attached hydrogens (tertiary/aromatic N) is 2. The summed E-state index contributed by atoms with van der Waals surface area (Å²) in [6, 6.07) is 17.9. The fraction of sp³-hybridized carbons (Fsp3) is 0.346. The second-order valence-electron chi connectivity index (χ2n) is 8.38. The first-order valence-electron chi connectivity index (χ1n) is 11.4. The van der Waals surface area contributed by atoms with Crippen LogP contribution in [0.25, 0.3) is 0 Å². The number of esters is 1. The molecule has 8 heteroatoms. The third kappa shape index (κ3) is 7.16. The van der Waals surface area contributed by atoms with Crippen LogP contribution in [-0.2, 0) is 21.8 Å². The molecule has 1 aliphatic heterocycles. The van der Waals surface area contributed by atoms with E-state index in [0.717, 1.165) is 48.1 Å². The lowest BCUT2D eigenvalue weighted by Crippen LogP contribution is -2.45. The fourth-order valence-electron chi connectivity index (χ4n) is 3.94. The predicted molar refractivity (Wildman–Crippen MR) is 136 cm³/mol. The highest BCUT2D eigenvalue weighted by Gasteiger charge is 2.22. The number of thioether (sulfide) groups is 1. The summed E-state index contributed by atoms with van der Waals surface area (Å²) in [7, 11) is 0. The standard InChI is InChI=1S/C26H29N3O3S2/c1-19-17-33-26(27-19)34-18-21-9-5-6-10-23(21)25(31)32-16-24(30)28-22-11-13-29(14-12-22)15-20-7-3-2-4-8-20/h2-10,17,22H,11-16,18H2,1H3,(H,28,30). The maximum atomic E-state index is 12.7. The van der Waals surface area contributed by atoms with Gasteiger partial charge in [-0.25, -0.2) is 9.78 Å². The average molecular weight is 496 g/mol. The van der Waals surface area contributed by atoms with Crippen molar-refractivity contribution >= 4 is 35.0 Å². The van der Waals surface area contributed by atoms with Gasteiger partial charge in [0.15, 0.2) is 6.61 Å². The number of carbonyl (C=O) groups excluding carboxylic acids is 2. The van der Waals surface area contributed by atoms with Crippen LogP contribution in [0.1, 0.15) is 40.0 Å². The van der Waals surface area contributed by atoms with Crippen molar-refractivity contribution in [2.45, 2.75) is 42.4 Å². The number of amides is 1. The summed E-state index contributed by atoms with van der Waals surface area (Å²) in [5, 5.41) is 5.03. The van der Waals surface area contributed by atoms with Crippen molar-refractivity contribution in [1.29, 1.82) is 0 Å². The molecule has 0 saturated carbocycles. The molecule has 2 heterocycles. The van der Waals surface area contributed by atoms with Gasteiger partial charge in [-0.1, -0.05) is 60.3 Å². The van der Waals surface area contributed by atoms with E-state index in [-0.39, 0.29) is 18.6 Å². The fourth-order valence-corrected chi connectivity index (χ4v) is 5.79. The van der Waals surface area contributed by atoms with Gasteiger partial charge in [0, 0.05) is 42.5 Å². The van der Waals surface area contributed by atoms with Crippen LogP contribution in [0.5, 0.6) is 0 Å². The molecule has 0 radical (unpaired) electrons. The van der Waals surface area contributed by atoms with E-state index in [1.807, 2.05) is 36.6 Å². The number of likely N-dealkylation sites (tertiary alicyclic amines) is 1. The van der Waals surface area contributed by atoms with Crippen LogP contribution in [0, 0.1) is 6.92 Å². The van der Waals surface area contributed by atoms with Crippen LogP contribution in [0.4, 0.5) is 0 Å². The molecule has 0 bridgehead atoms. The Morgan fingerprint density at radius 3 is 2.59 bits per heavy atom. The number of nitrogens with one attached hydrogen (secondary N) is 1. The van der Waals surface area contributed by atoms with Crippen LogP contribution in [0.2, 0.25) is 0 Å². The lowest BCUT2D eigenvalue weighted by molar-refractivity contribution is -0.125. The lowest BCUT2D eigenvalue weighted by Gasteiger charge is -2.32. The summed E-state index contributed by atoms with van der Waals surface area (Å²) in [5.41, 5.74) is 3.66. The molecule has 178 valence electrons. The van der Waals surface area contributed by atoms with Crippen molar-refractivity contribution in [1.82, 2.24) is 15.2 Å². The van der Waals surface area contributed by atoms with Gasteiger partial charge >= 0.3 is 5.97 Å². The van der Waals surface area contributed by atoms with Crippen molar-refractivity contribution < 1.29 is 14.3 Å². The Hall–Kier alpha value is -2.68. The van der Waals surface area contributed by atoms with Gasteiger partial charge in [-0.15, -0.1) is 11.3 Å². The molecule has 4 rings (SSSR count). The minimum absolute atomic E-state index is 0.115. The Bertz CT molecular complexity index is 1100. The summed E-state index contributed by atoms with van der Waals surface area (Å²) in [6.45, 7) is 4.49. The number of carbonyl (C=O) groups is 2. The molecule has 0 unspecified atom stereocenters. The van der Waals surface area contributed by atoms with Gasteiger partial charge in [0.2, 0.25) is 0 Å². The molecule has 1 saturated heterocycles. The molecule has 0 atom stereocenters. The number of ether oxygens (including phenoxy) is 1. The molecule has 0 aliphatic carbocycles. The molecule has 34 heavy (non-hydrogen) atoms. The van der Waals surface area contributed by atoms with Crippen molar-refractivity contribution in [3.8, 4) is 0 Å². The summed E-state index contributed by atoms with van der Waals surface area (Å²) in [6.07, 6.45) is 1.78. The molecule has 6 nitrogen and oxygen atoms in total. The van der Waals surface area contributed by atoms with Crippen LogP contribution >= 0.6 is 23.1 Å². The summed E-state index contributed by atoms with van der Waals surface area (Å²) in [4.78, 5) is 31.9. The van der Waals surface area contributed by atoms with Crippen molar-refractivity contribution in [2.24, 2.45) is 0 Å². The Kier molecular flexibility index (Phi) is 8.73. The number of aryl methyl sites for hydroxylation is 1. The SMILES string of the molecule is Cc1csc(SCc2ccccc2C(=O)OCC(=O)NC2CCN(Cc3ccccc3)CC2)n1. The van der Waals surface area contributed by atoms with E-state index in [1.165, 1.54) is 5.56 Å². The maximum Gasteiger partial charge on any atom is 0.338 e. The zero-order valence-corrected chi connectivity index (χ0v) is 20.9. The molecule has 0 spiro atoms. The second-order valence-corrected chi connectivity index (χ2v) is 10.5. The predicted octanol–water partition coefficient (Wildman–Crippen LogP) is 4.68. The van der Waals surface area contributed by atoms with Crippen molar-refractivity contribution in [2.75, 3.05) is 19.7 Å². The number of rotatable bonds is 9. The monoisotopic (exact) mass is 495 g/mol. The average Bonchev–Trinajstić information content (AvgIpc) is 3.28. The highest BCUT2D eigenvalue weighted by atomic mass is 32.2. The van der Waals surface area contributed by atoms with Crippen LogP contribution in [0.3, 0.4) is 0 Å². The quantitative estimate of drug-likeness (QED) is 0.343. The van der Waals surface area contributed by atoms with Gasteiger partial charge in [0.05, 0.1) is 5.56 Å². The number of hydrogen-bond acceptors (Lipinski definition) is 7. The third-order valence-electron chi connectivity index (χ3n) is 5.72. The van der Waals surface area contributed by atoms with E-state index in [1.54, 1.807) is 29.2 Å². The van der Waals surface area contributed by atoms with E-state index in [4.69, 9.17) is 4.74 Å². The van der Waals surface area contributed by atoms with Gasteiger partial charge in [0.25, 0.3) is 5.91 Å². The van der Waals surface area contributed by atoms with E-state index in [2.05, 4.69) is 39.5 Å². The first-order chi connectivity index (χ1) is 16.6. The van der Waals surface area contributed by atoms with Crippen LogP contribution < -0.4 is 5.32 Å². The second kappa shape index (κ2) is 12.1. The van der Waals surface area contributed by atoms with Crippen LogP contribution in [-0.4, -0.2) is 47.5 Å². The normalized spacial score (nSPS) is 14.6. The Morgan fingerprint density at radius 1 is 1.12 bits per heavy atom. The number of aromatic nitrogens is 1. The lowest BCUT2D eigenvalue weighted by atomic mass is 10.0. The third-order valence-corrected chi connectivity index (χ3v) is 7.91. The number of piperidine rings is 1. The molecule has 1 aromatic heterocycles. The van der Waals surface area contributed by atoms with Crippen LogP contribution in [0.15, 0.2) is 64.3 Å². The maximum absolute atomic E-state index is 12.7. The molecular weight excluding hydrogens is 466 g/mol. The van der Waals surface area contributed by atoms with Crippen molar-refractivity contribution in [3.05, 3.63) is 82.4 Å². The molecule has 1 aliphatic rings. The van der Waals surface area contributed by atoms with Gasteiger partial charge < -0.3 is 10.1 Å². The topological polar surface area (TPSA) is 71.5 Å². The highest BCUT2D eigenvalue weighted by Crippen LogP contribution is 2.27. The Morgan fingerprint density at radius 2 is 1.85 bits per heavy atom. The molecule has 2 aromatic carbocycles. The van der Waals surface area contributed by atoms with Gasteiger partial charge in [-0.3, -0.25) is 9.69 Å². The zero-order chi connectivity index (χ0) is 23.8. The summed E-state index contributed by atoms with van der Waals surface area (Å²) >= 11 is 3.18. The molecule has 1 fully saturated rings. The molecular formula is C26H29N3O3S2. The summed E-state index contributed by atoms with van der Waals surface area (Å²) in [5.74, 6) is -0.106. The molecule has 3 aromatic rings. The highest BCUT2D eigenvalue weighted by molar-refractivity contribution is 8.00. The number of hydrogen-bond donors (Lipinski definition) is 1. The minimum atomic E-state index is -0.473.